The summed E-state index contributed by atoms with van der Waals surface area (Å²) < 4.78 is 40.1. The van der Waals surface area contributed by atoms with E-state index in [0.717, 1.165) is 28.7 Å². The van der Waals surface area contributed by atoms with Crippen molar-refractivity contribution in [2.24, 2.45) is 0 Å². The molecule has 3 rings (SSSR count). The van der Waals surface area contributed by atoms with Gasteiger partial charge in [0.2, 0.25) is 0 Å². The number of likely N-dealkylation sites (tertiary alicyclic amines) is 1. The maximum absolute atomic E-state index is 13.4. The molecule has 1 saturated heterocycles. The minimum absolute atomic E-state index is 0.360. The van der Waals surface area contributed by atoms with Crippen molar-refractivity contribution in [1.29, 1.82) is 0 Å². The number of halogens is 4. The number of rotatable bonds is 4. The molecule has 1 N–H and O–H groups in total. The van der Waals surface area contributed by atoms with E-state index in [1.165, 1.54) is 17.4 Å². The van der Waals surface area contributed by atoms with Crippen LogP contribution < -0.4 is 0 Å². The number of carboxylic acids is 1. The summed E-state index contributed by atoms with van der Waals surface area (Å²) in [6.45, 7) is 2.43. The molecule has 146 valence electrons. The molecule has 0 radical (unpaired) electrons. The fourth-order valence-corrected chi connectivity index (χ4v) is 4.83. The monoisotopic (exact) mass is 417 g/mol. The van der Waals surface area contributed by atoms with Crippen molar-refractivity contribution >= 4 is 28.9 Å². The van der Waals surface area contributed by atoms with Crippen LogP contribution in [-0.4, -0.2) is 28.6 Å². The fraction of sp³-hybridized carbons (Fsp3) is 0.421. The van der Waals surface area contributed by atoms with Gasteiger partial charge < -0.3 is 5.11 Å². The molecule has 0 bridgehead atoms. The third-order valence-corrected chi connectivity index (χ3v) is 6.19. The first kappa shape index (κ1) is 20.2. The van der Waals surface area contributed by atoms with Crippen molar-refractivity contribution in [3.63, 3.8) is 0 Å². The molecule has 1 aliphatic rings. The molecule has 1 aromatic carbocycles. The van der Waals surface area contributed by atoms with Crippen LogP contribution in [0, 0.1) is 6.92 Å². The maximum atomic E-state index is 13.4. The average Bonchev–Trinajstić information content (AvgIpc) is 3.02. The molecule has 2 unspecified atom stereocenters. The highest BCUT2D eigenvalue weighted by atomic mass is 35.5. The summed E-state index contributed by atoms with van der Waals surface area (Å²) in [7, 11) is 0. The Bertz CT molecular complexity index is 837. The number of alkyl halides is 3. The zero-order valence-electron chi connectivity index (χ0n) is 14.6. The lowest BCUT2D eigenvalue weighted by molar-refractivity contribution is -0.145. The summed E-state index contributed by atoms with van der Waals surface area (Å²) in [5.74, 6) is -0.946. The van der Waals surface area contributed by atoms with Crippen LogP contribution in [0.2, 0.25) is 5.02 Å². The average molecular weight is 418 g/mol. The van der Waals surface area contributed by atoms with E-state index >= 15 is 0 Å². The van der Waals surface area contributed by atoms with Gasteiger partial charge in [0, 0.05) is 9.75 Å². The number of carbonyl (C=O) groups is 1. The van der Waals surface area contributed by atoms with Crippen molar-refractivity contribution < 1.29 is 23.1 Å². The zero-order chi connectivity index (χ0) is 19.8. The molecule has 2 atom stereocenters. The lowest BCUT2D eigenvalue weighted by Gasteiger charge is -2.39. The van der Waals surface area contributed by atoms with Gasteiger partial charge in [-0.2, -0.15) is 13.2 Å². The number of hydrogen-bond acceptors (Lipinski definition) is 3. The van der Waals surface area contributed by atoms with Crippen LogP contribution in [0.1, 0.15) is 46.2 Å². The van der Waals surface area contributed by atoms with Gasteiger partial charge in [-0.15, -0.1) is 11.3 Å². The van der Waals surface area contributed by atoms with E-state index in [1.807, 2.05) is 19.1 Å². The van der Waals surface area contributed by atoms with Gasteiger partial charge in [-0.3, -0.25) is 9.69 Å². The molecule has 8 heteroatoms. The van der Waals surface area contributed by atoms with E-state index in [4.69, 9.17) is 11.6 Å². The second kappa shape index (κ2) is 7.81. The number of thiophene rings is 1. The quantitative estimate of drug-likeness (QED) is 0.687. The van der Waals surface area contributed by atoms with Crippen molar-refractivity contribution in [2.75, 3.05) is 6.54 Å². The van der Waals surface area contributed by atoms with Crippen LogP contribution in [-0.2, 0) is 11.0 Å². The predicted molar refractivity (Wildman–Crippen MR) is 99.3 cm³/mol. The summed E-state index contributed by atoms with van der Waals surface area (Å²) in [5, 5.41) is 9.28. The smallest absolute Gasteiger partial charge is 0.417 e. The van der Waals surface area contributed by atoms with Crippen molar-refractivity contribution in [2.45, 2.75) is 44.4 Å². The van der Waals surface area contributed by atoms with Crippen molar-refractivity contribution in [3.8, 4) is 0 Å². The first-order valence-corrected chi connectivity index (χ1v) is 9.79. The third-order valence-electron chi connectivity index (χ3n) is 4.80. The highest BCUT2D eigenvalue weighted by molar-refractivity contribution is 7.12. The molecule has 0 aliphatic carbocycles. The van der Waals surface area contributed by atoms with Gasteiger partial charge in [0.1, 0.15) is 6.04 Å². The first-order chi connectivity index (χ1) is 12.7. The summed E-state index contributed by atoms with van der Waals surface area (Å²) >= 11 is 7.24. The second-order valence-corrected chi connectivity index (χ2v) is 8.40. The number of piperidine rings is 1. The third kappa shape index (κ3) is 4.31. The molecule has 2 aromatic rings. The van der Waals surface area contributed by atoms with E-state index in [0.29, 0.717) is 18.5 Å². The highest BCUT2D eigenvalue weighted by Gasteiger charge is 2.38. The molecule has 2 heterocycles. The summed E-state index contributed by atoms with van der Waals surface area (Å²) in [5.41, 5.74) is -0.495. The zero-order valence-corrected chi connectivity index (χ0v) is 16.2. The normalized spacial score (nSPS) is 19.8. The van der Waals surface area contributed by atoms with E-state index in [2.05, 4.69) is 0 Å². The van der Waals surface area contributed by atoms with Gasteiger partial charge in [0.15, 0.2) is 0 Å². The summed E-state index contributed by atoms with van der Waals surface area (Å²) in [6.07, 6.45) is -2.49. The van der Waals surface area contributed by atoms with E-state index in [-0.39, 0.29) is 5.02 Å². The number of aryl methyl sites for hydroxylation is 1. The van der Waals surface area contributed by atoms with E-state index in [1.54, 1.807) is 11.0 Å². The van der Waals surface area contributed by atoms with Gasteiger partial charge >= 0.3 is 12.1 Å². The van der Waals surface area contributed by atoms with Crippen LogP contribution in [0.25, 0.3) is 0 Å². The molecule has 1 aromatic heterocycles. The summed E-state index contributed by atoms with van der Waals surface area (Å²) in [6, 6.07) is 6.33. The molecule has 0 amide bonds. The maximum Gasteiger partial charge on any atom is 0.417 e. The Labute approximate surface area is 164 Å². The fourth-order valence-electron chi connectivity index (χ4n) is 3.58. The topological polar surface area (TPSA) is 40.5 Å². The number of benzene rings is 1. The van der Waals surface area contributed by atoms with E-state index < -0.39 is 29.8 Å². The first-order valence-electron chi connectivity index (χ1n) is 8.60. The van der Waals surface area contributed by atoms with Gasteiger partial charge in [-0.1, -0.05) is 24.1 Å². The summed E-state index contributed by atoms with van der Waals surface area (Å²) in [4.78, 5) is 15.4. The Hall–Kier alpha value is -1.57. The molecule has 1 aliphatic heterocycles. The molecule has 0 saturated carbocycles. The van der Waals surface area contributed by atoms with E-state index in [9.17, 15) is 23.1 Å². The van der Waals surface area contributed by atoms with Crippen LogP contribution in [0.4, 0.5) is 13.2 Å². The second-order valence-electron chi connectivity index (χ2n) is 6.68. The minimum Gasteiger partial charge on any atom is -0.480 e. The van der Waals surface area contributed by atoms with Crippen LogP contribution in [0.15, 0.2) is 30.3 Å². The van der Waals surface area contributed by atoms with Crippen LogP contribution >= 0.6 is 22.9 Å². The lowest BCUT2D eigenvalue weighted by atomic mass is 9.94. The van der Waals surface area contributed by atoms with Crippen LogP contribution in [0.5, 0.6) is 0 Å². The highest BCUT2D eigenvalue weighted by Crippen LogP contribution is 2.41. The molecule has 3 nitrogen and oxygen atoms in total. The Morgan fingerprint density at radius 1 is 1.30 bits per heavy atom. The molecular formula is C19H19ClF3NO2S. The van der Waals surface area contributed by atoms with Crippen LogP contribution in [0.3, 0.4) is 0 Å². The molecule has 0 spiro atoms. The Morgan fingerprint density at radius 2 is 2.04 bits per heavy atom. The Kier molecular flexibility index (Phi) is 5.84. The van der Waals surface area contributed by atoms with Gasteiger partial charge in [0.25, 0.3) is 0 Å². The largest absolute Gasteiger partial charge is 0.480 e. The molecule has 1 fully saturated rings. The molecular weight excluding hydrogens is 399 g/mol. The SMILES string of the molecule is Cc1ccc(C(c2ccc(Cl)c(C(F)(F)F)c2)N2CCCCC2C(=O)O)s1. The Balaban J connectivity index is 2.12. The van der Waals surface area contributed by atoms with Crippen molar-refractivity contribution in [1.82, 2.24) is 4.90 Å². The standard InChI is InChI=1S/C19H19ClF3NO2S/c1-11-5-8-16(27-11)17(24-9-3-2-4-15(24)18(25)26)12-6-7-14(20)13(10-12)19(21,22)23/h5-8,10,15,17H,2-4,9H2,1H3,(H,25,26). The minimum atomic E-state index is -4.57. The van der Waals surface area contributed by atoms with Gasteiger partial charge in [-0.05, 0) is 56.1 Å². The lowest BCUT2D eigenvalue weighted by Crippen LogP contribution is -2.46. The number of carboxylic acid groups (broad SMARTS) is 1. The Morgan fingerprint density at radius 3 is 2.63 bits per heavy atom. The molecule has 27 heavy (non-hydrogen) atoms. The number of aliphatic carboxylic acids is 1. The number of nitrogens with zero attached hydrogens (tertiary/aromatic N) is 1. The van der Waals surface area contributed by atoms with Gasteiger partial charge in [-0.25, -0.2) is 0 Å². The van der Waals surface area contributed by atoms with Crippen molar-refractivity contribution in [3.05, 3.63) is 56.2 Å². The predicted octanol–water partition coefficient (Wildman–Crippen LogP) is 5.76. The van der Waals surface area contributed by atoms with Gasteiger partial charge in [0.05, 0.1) is 16.6 Å². The number of hydrogen-bond donors (Lipinski definition) is 1.